The molecule has 0 amide bonds. The predicted molar refractivity (Wildman–Crippen MR) is 93.5 cm³/mol. The van der Waals surface area contributed by atoms with Gasteiger partial charge in [-0.3, -0.25) is 9.35 Å². The van der Waals surface area contributed by atoms with Gasteiger partial charge < -0.3 is 9.47 Å². The van der Waals surface area contributed by atoms with Crippen LogP contribution in [0.15, 0.2) is 18.2 Å². The lowest BCUT2D eigenvalue weighted by molar-refractivity contribution is -0.138. The molecule has 2 rings (SSSR count). The Kier molecular flexibility index (Phi) is 6.58. The van der Waals surface area contributed by atoms with E-state index in [0.29, 0.717) is 0 Å². The number of esters is 2. The van der Waals surface area contributed by atoms with Crippen molar-refractivity contribution in [3.8, 4) is 5.75 Å². The summed E-state index contributed by atoms with van der Waals surface area (Å²) in [5.41, 5.74) is 0.0390. The lowest BCUT2D eigenvalue weighted by Gasteiger charge is -2.13. The van der Waals surface area contributed by atoms with E-state index in [1.165, 1.54) is 6.07 Å². The van der Waals surface area contributed by atoms with Crippen LogP contribution in [0.1, 0.15) is 36.0 Å². The molecular formula is C15H17IO7S. The van der Waals surface area contributed by atoms with Crippen LogP contribution in [0.5, 0.6) is 5.75 Å². The number of hydrogen-bond donors (Lipinski definition) is 1. The lowest BCUT2D eigenvalue weighted by atomic mass is 10.1. The molecule has 24 heavy (non-hydrogen) atoms. The fourth-order valence-corrected chi connectivity index (χ4v) is 3.18. The van der Waals surface area contributed by atoms with E-state index in [1.54, 1.807) is 12.1 Å². The molecule has 0 atom stereocenters. The monoisotopic (exact) mass is 468 g/mol. The van der Waals surface area contributed by atoms with Crippen molar-refractivity contribution >= 4 is 44.6 Å². The fourth-order valence-electron chi connectivity index (χ4n) is 2.42. The van der Waals surface area contributed by atoms with Crippen molar-refractivity contribution in [1.82, 2.24) is 0 Å². The highest BCUT2D eigenvalue weighted by atomic mass is 127. The van der Waals surface area contributed by atoms with E-state index in [-0.39, 0.29) is 23.2 Å². The van der Waals surface area contributed by atoms with Crippen LogP contribution in [0.4, 0.5) is 0 Å². The molecule has 1 aliphatic carbocycles. The predicted octanol–water partition coefficient (Wildman–Crippen LogP) is 2.43. The Labute approximate surface area is 153 Å². The largest absolute Gasteiger partial charge is 0.461 e. The SMILES string of the molecule is O=C(OCCS(=O)(=O)O)c1ccc(I)cc1OC(=O)C1CCCC1. The molecule has 1 aromatic carbocycles. The van der Waals surface area contributed by atoms with Gasteiger partial charge in [-0.2, -0.15) is 8.42 Å². The second kappa shape index (κ2) is 8.26. The normalized spacial score (nSPS) is 15.2. The van der Waals surface area contributed by atoms with Crippen molar-refractivity contribution in [3.63, 3.8) is 0 Å². The number of carbonyl (C=O) groups excluding carboxylic acids is 2. The third-order valence-electron chi connectivity index (χ3n) is 3.64. The zero-order chi connectivity index (χ0) is 17.7. The Balaban J connectivity index is 2.08. The average molecular weight is 468 g/mol. The smallest absolute Gasteiger partial charge is 0.341 e. The highest BCUT2D eigenvalue weighted by molar-refractivity contribution is 14.1. The topological polar surface area (TPSA) is 107 Å². The third-order valence-corrected chi connectivity index (χ3v) is 4.99. The maximum absolute atomic E-state index is 12.2. The van der Waals surface area contributed by atoms with Crippen LogP contribution in [0, 0.1) is 9.49 Å². The molecule has 0 radical (unpaired) electrons. The number of carbonyl (C=O) groups is 2. The Morgan fingerprint density at radius 2 is 1.92 bits per heavy atom. The molecule has 0 unspecified atom stereocenters. The minimum absolute atomic E-state index is 0.0390. The number of hydrogen-bond acceptors (Lipinski definition) is 6. The molecule has 1 aromatic rings. The van der Waals surface area contributed by atoms with Crippen molar-refractivity contribution in [2.45, 2.75) is 25.7 Å². The third kappa shape index (κ3) is 5.71. The van der Waals surface area contributed by atoms with Gasteiger partial charge >= 0.3 is 11.9 Å². The van der Waals surface area contributed by atoms with Crippen molar-refractivity contribution < 1.29 is 32.0 Å². The first-order valence-corrected chi connectivity index (χ1v) is 10.1. The second-order valence-electron chi connectivity index (χ2n) is 5.46. The molecule has 0 heterocycles. The standard InChI is InChI=1S/C15H17IO7S/c16-11-5-6-12(15(18)22-7-8-24(19,20)21)13(9-11)23-14(17)10-3-1-2-4-10/h5-6,9-10H,1-4,7-8H2,(H,19,20,21). The minimum atomic E-state index is -4.21. The zero-order valence-corrected chi connectivity index (χ0v) is 15.7. The van der Waals surface area contributed by atoms with Gasteiger partial charge in [0.1, 0.15) is 23.7 Å². The van der Waals surface area contributed by atoms with Crippen LogP contribution >= 0.6 is 22.6 Å². The molecule has 1 aliphatic rings. The Morgan fingerprint density at radius 1 is 1.25 bits per heavy atom. The molecule has 1 fully saturated rings. The van der Waals surface area contributed by atoms with Gasteiger partial charge in [-0.1, -0.05) is 12.8 Å². The van der Waals surface area contributed by atoms with Gasteiger partial charge in [0.25, 0.3) is 10.1 Å². The Morgan fingerprint density at radius 3 is 2.54 bits per heavy atom. The summed E-state index contributed by atoms with van der Waals surface area (Å²) >= 11 is 2.02. The van der Waals surface area contributed by atoms with Gasteiger partial charge in [-0.25, -0.2) is 4.79 Å². The number of benzene rings is 1. The van der Waals surface area contributed by atoms with Crippen LogP contribution in [-0.2, 0) is 19.6 Å². The summed E-state index contributed by atoms with van der Waals surface area (Å²) < 4.78 is 40.9. The zero-order valence-electron chi connectivity index (χ0n) is 12.7. The molecule has 0 aromatic heterocycles. The molecule has 0 saturated heterocycles. The molecule has 1 saturated carbocycles. The van der Waals surface area contributed by atoms with E-state index < -0.39 is 28.4 Å². The van der Waals surface area contributed by atoms with Gasteiger partial charge in [0.15, 0.2) is 0 Å². The summed E-state index contributed by atoms with van der Waals surface area (Å²) in [5.74, 6) is -1.95. The van der Waals surface area contributed by atoms with E-state index in [0.717, 1.165) is 29.3 Å². The maximum atomic E-state index is 12.2. The van der Waals surface area contributed by atoms with Crippen molar-refractivity contribution in [3.05, 3.63) is 27.3 Å². The van der Waals surface area contributed by atoms with Crippen LogP contribution in [0.3, 0.4) is 0 Å². The molecule has 0 aliphatic heterocycles. The van der Waals surface area contributed by atoms with Crippen molar-refractivity contribution in [2.24, 2.45) is 5.92 Å². The average Bonchev–Trinajstić information content (AvgIpc) is 3.00. The van der Waals surface area contributed by atoms with Gasteiger partial charge in [-0.05, 0) is 53.6 Å². The highest BCUT2D eigenvalue weighted by Crippen LogP contribution is 2.29. The number of halogens is 1. The molecule has 1 N–H and O–H groups in total. The summed E-state index contributed by atoms with van der Waals surface area (Å²) in [6.07, 6.45) is 3.51. The van der Waals surface area contributed by atoms with Crippen LogP contribution in [0.2, 0.25) is 0 Å². The molecular weight excluding hydrogens is 451 g/mol. The summed E-state index contributed by atoms with van der Waals surface area (Å²) in [6, 6.07) is 4.65. The van der Waals surface area contributed by atoms with Crippen molar-refractivity contribution in [1.29, 1.82) is 0 Å². The van der Waals surface area contributed by atoms with E-state index in [9.17, 15) is 18.0 Å². The van der Waals surface area contributed by atoms with E-state index in [1.807, 2.05) is 22.6 Å². The Hall–Kier alpha value is -1.20. The number of ether oxygens (including phenoxy) is 2. The summed E-state index contributed by atoms with van der Waals surface area (Å²) in [4.78, 5) is 24.2. The van der Waals surface area contributed by atoms with E-state index in [4.69, 9.17) is 14.0 Å². The van der Waals surface area contributed by atoms with Crippen LogP contribution in [0.25, 0.3) is 0 Å². The molecule has 0 spiro atoms. The molecule has 7 nitrogen and oxygen atoms in total. The first-order valence-electron chi connectivity index (χ1n) is 7.40. The van der Waals surface area contributed by atoms with Crippen LogP contribution in [-0.4, -0.2) is 37.3 Å². The van der Waals surface area contributed by atoms with Gasteiger partial charge in [0, 0.05) is 3.57 Å². The maximum Gasteiger partial charge on any atom is 0.341 e. The first-order chi connectivity index (χ1) is 11.3. The van der Waals surface area contributed by atoms with Gasteiger partial charge in [-0.15, -0.1) is 0 Å². The fraction of sp³-hybridized carbons (Fsp3) is 0.467. The van der Waals surface area contributed by atoms with Crippen molar-refractivity contribution in [2.75, 3.05) is 12.4 Å². The Bertz CT molecular complexity index is 723. The summed E-state index contributed by atoms with van der Waals surface area (Å²) in [5, 5.41) is 0. The van der Waals surface area contributed by atoms with Gasteiger partial charge in [0.05, 0.1) is 5.92 Å². The quantitative estimate of drug-likeness (QED) is 0.296. The second-order valence-corrected chi connectivity index (χ2v) is 8.28. The van der Waals surface area contributed by atoms with Gasteiger partial charge in [0.2, 0.25) is 0 Å². The van der Waals surface area contributed by atoms with Crippen LogP contribution < -0.4 is 4.74 Å². The van der Waals surface area contributed by atoms with E-state index >= 15 is 0 Å². The number of rotatable bonds is 6. The minimum Gasteiger partial charge on any atom is -0.461 e. The molecule has 0 bridgehead atoms. The molecule has 132 valence electrons. The first kappa shape index (κ1) is 19.1. The van der Waals surface area contributed by atoms with E-state index in [2.05, 4.69) is 0 Å². The lowest BCUT2D eigenvalue weighted by Crippen LogP contribution is -2.20. The summed E-state index contributed by atoms with van der Waals surface area (Å²) in [6.45, 7) is -0.486. The highest BCUT2D eigenvalue weighted by Gasteiger charge is 2.26. The summed E-state index contributed by atoms with van der Waals surface area (Å²) in [7, 11) is -4.21. The molecule has 9 heteroatoms.